The van der Waals surface area contributed by atoms with Crippen molar-refractivity contribution in [3.63, 3.8) is 0 Å². The Bertz CT molecular complexity index is 633. The lowest BCUT2D eigenvalue weighted by atomic mass is 9.84. The lowest BCUT2D eigenvalue weighted by Crippen LogP contribution is -2.41. The smallest absolute Gasteiger partial charge is 0.132 e. The molecule has 2 aromatic rings. The molecule has 1 aromatic heterocycles. The zero-order valence-corrected chi connectivity index (χ0v) is 13.1. The molecule has 1 aliphatic heterocycles. The number of rotatable bonds is 3. The average molecular weight is 283 g/mol. The van der Waals surface area contributed by atoms with E-state index in [1.54, 1.807) is 0 Å². The van der Waals surface area contributed by atoms with Crippen LogP contribution in [0.15, 0.2) is 30.3 Å². The van der Waals surface area contributed by atoms with Crippen LogP contribution in [0.3, 0.4) is 0 Å². The monoisotopic (exact) mass is 283 g/mol. The number of pyridine rings is 1. The van der Waals surface area contributed by atoms with Crippen LogP contribution >= 0.6 is 0 Å². The highest BCUT2D eigenvalue weighted by Crippen LogP contribution is 2.33. The van der Waals surface area contributed by atoms with Gasteiger partial charge in [0.2, 0.25) is 0 Å². The number of benzene rings is 1. The van der Waals surface area contributed by atoms with Crippen molar-refractivity contribution < 1.29 is 0 Å². The second kappa shape index (κ2) is 5.64. The van der Waals surface area contributed by atoms with Crippen molar-refractivity contribution in [1.29, 1.82) is 0 Å². The number of para-hydroxylation sites is 1. The SMILES string of the molecule is CC1(C)CCCN(c2nc3ccccc3cc2CCN)C1. The van der Waals surface area contributed by atoms with Crippen molar-refractivity contribution in [3.05, 3.63) is 35.9 Å². The van der Waals surface area contributed by atoms with Gasteiger partial charge in [0.15, 0.2) is 0 Å². The van der Waals surface area contributed by atoms with E-state index in [4.69, 9.17) is 10.7 Å². The normalized spacial score (nSPS) is 18.1. The highest BCUT2D eigenvalue weighted by atomic mass is 15.2. The van der Waals surface area contributed by atoms with E-state index in [0.717, 1.165) is 30.8 Å². The maximum atomic E-state index is 5.81. The van der Waals surface area contributed by atoms with E-state index in [1.165, 1.54) is 23.8 Å². The van der Waals surface area contributed by atoms with Gasteiger partial charge in [-0.3, -0.25) is 0 Å². The molecular weight excluding hydrogens is 258 g/mol. The van der Waals surface area contributed by atoms with Gasteiger partial charge >= 0.3 is 0 Å². The molecule has 0 bridgehead atoms. The van der Waals surface area contributed by atoms with Crippen molar-refractivity contribution in [2.75, 3.05) is 24.5 Å². The van der Waals surface area contributed by atoms with Crippen molar-refractivity contribution in [2.45, 2.75) is 33.1 Å². The number of nitrogens with two attached hydrogens (primary N) is 1. The van der Waals surface area contributed by atoms with Gasteiger partial charge < -0.3 is 10.6 Å². The first-order chi connectivity index (χ1) is 10.1. The summed E-state index contributed by atoms with van der Waals surface area (Å²) in [5.74, 6) is 1.15. The Balaban J connectivity index is 2.04. The Morgan fingerprint density at radius 3 is 2.86 bits per heavy atom. The lowest BCUT2D eigenvalue weighted by molar-refractivity contribution is 0.292. The van der Waals surface area contributed by atoms with Crippen LogP contribution in [0.1, 0.15) is 32.3 Å². The lowest BCUT2D eigenvalue weighted by Gasteiger charge is -2.39. The van der Waals surface area contributed by atoms with Crippen LogP contribution in [0.4, 0.5) is 5.82 Å². The molecule has 0 spiro atoms. The van der Waals surface area contributed by atoms with E-state index in [-0.39, 0.29) is 0 Å². The Morgan fingerprint density at radius 1 is 1.29 bits per heavy atom. The van der Waals surface area contributed by atoms with Gasteiger partial charge in [-0.2, -0.15) is 0 Å². The summed E-state index contributed by atoms with van der Waals surface area (Å²) in [5, 5.41) is 1.21. The molecule has 0 radical (unpaired) electrons. The summed E-state index contributed by atoms with van der Waals surface area (Å²) >= 11 is 0. The third-order valence-electron chi connectivity index (χ3n) is 4.39. The molecule has 1 fully saturated rings. The topological polar surface area (TPSA) is 42.2 Å². The van der Waals surface area contributed by atoms with Crippen molar-refractivity contribution in [2.24, 2.45) is 11.1 Å². The minimum absolute atomic E-state index is 0.367. The summed E-state index contributed by atoms with van der Waals surface area (Å²) in [7, 11) is 0. The fourth-order valence-corrected chi connectivity index (χ4v) is 3.37. The fraction of sp³-hybridized carbons (Fsp3) is 0.500. The van der Waals surface area contributed by atoms with Crippen LogP contribution in [0.2, 0.25) is 0 Å². The second-order valence-corrected chi connectivity index (χ2v) is 6.89. The Labute approximate surface area is 127 Å². The van der Waals surface area contributed by atoms with Gasteiger partial charge in [0.1, 0.15) is 5.82 Å². The third-order valence-corrected chi connectivity index (χ3v) is 4.39. The zero-order chi connectivity index (χ0) is 14.9. The molecule has 0 atom stereocenters. The molecule has 2 N–H and O–H groups in total. The maximum Gasteiger partial charge on any atom is 0.132 e. The van der Waals surface area contributed by atoms with Crippen LogP contribution < -0.4 is 10.6 Å². The summed E-state index contributed by atoms with van der Waals surface area (Å²) in [6.07, 6.45) is 3.43. The minimum atomic E-state index is 0.367. The summed E-state index contributed by atoms with van der Waals surface area (Å²) in [5.41, 5.74) is 8.54. The third kappa shape index (κ3) is 3.03. The maximum absolute atomic E-state index is 5.81. The molecule has 3 heteroatoms. The molecule has 1 aliphatic rings. The molecule has 0 saturated carbocycles. The summed E-state index contributed by atoms with van der Waals surface area (Å²) in [6, 6.07) is 10.6. The number of hydrogen-bond donors (Lipinski definition) is 1. The molecule has 1 saturated heterocycles. The molecule has 3 nitrogen and oxygen atoms in total. The average Bonchev–Trinajstić information content (AvgIpc) is 2.46. The zero-order valence-electron chi connectivity index (χ0n) is 13.1. The predicted molar refractivity (Wildman–Crippen MR) is 89.7 cm³/mol. The minimum Gasteiger partial charge on any atom is -0.356 e. The van der Waals surface area contributed by atoms with Gasteiger partial charge in [0, 0.05) is 18.5 Å². The first-order valence-corrected chi connectivity index (χ1v) is 7.93. The standard InChI is InChI=1S/C18H25N3/c1-18(2)9-5-11-21(13-18)17-15(8-10-19)12-14-6-3-4-7-16(14)20-17/h3-4,6-7,12H,5,8-11,13,19H2,1-2H3. The molecule has 3 rings (SSSR count). The number of nitrogens with zero attached hydrogens (tertiary/aromatic N) is 2. The van der Waals surface area contributed by atoms with Gasteiger partial charge in [-0.15, -0.1) is 0 Å². The Kier molecular flexibility index (Phi) is 3.85. The Hall–Kier alpha value is -1.61. The van der Waals surface area contributed by atoms with Crippen molar-refractivity contribution >= 4 is 16.7 Å². The number of piperidine rings is 1. The fourth-order valence-electron chi connectivity index (χ4n) is 3.37. The first-order valence-electron chi connectivity index (χ1n) is 7.93. The molecule has 0 aliphatic carbocycles. The number of hydrogen-bond acceptors (Lipinski definition) is 3. The highest BCUT2D eigenvalue weighted by Gasteiger charge is 2.28. The van der Waals surface area contributed by atoms with E-state index in [9.17, 15) is 0 Å². The summed E-state index contributed by atoms with van der Waals surface area (Å²) in [6.45, 7) is 7.55. The summed E-state index contributed by atoms with van der Waals surface area (Å²) in [4.78, 5) is 7.41. The van der Waals surface area contributed by atoms with E-state index >= 15 is 0 Å². The van der Waals surface area contributed by atoms with E-state index in [2.05, 4.69) is 49.1 Å². The van der Waals surface area contributed by atoms with Crippen LogP contribution in [-0.2, 0) is 6.42 Å². The van der Waals surface area contributed by atoms with E-state index < -0.39 is 0 Å². The molecule has 0 amide bonds. The van der Waals surface area contributed by atoms with Gasteiger partial charge in [-0.05, 0) is 48.9 Å². The van der Waals surface area contributed by atoms with E-state index in [0.29, 0.717) is 12.0 Å². The quantitative estimate of drug-likeness (QED) is 0.939. The molecule has 2 heterocycles. The van der Waals surface area contributed by atoms with E-state index in [1.807, 2.05) is 0 Å². The molecule has 21 heavy (non-hydrogen) atoms. The first kappa shape index (κ1) is 14.3. The largest absolute Gasteiger partial charge is 0.356 e. The molecule has 0 unspecified atom stereocenters. The van der Waals surface area contributed by atoms with Gasteiger partial charge in [-0.25, -0.2) is 4.98 Å². The number of anilines is 1. The second-order valence-electron chi connectivity index (χ2n) is 6.89. The molecule has 1 aromatic carbocycles. The molecule has 112 valence electrons. The van der Waals surface area contributed by atoms with Crippen LogP contribution in [-0.4, -0.2) is 24.6 Å². The van der Waals surface area contributed by atoms with Gasteiger partial charge in [0.05, 0.1) is 5.52 Å². The Morgan fingerprint density at radius 2 is 2.10 bits per heavy atom. The van der Waals surface area contributed by atoms with Gasteiger partial charge in [-0.1, -0.05) is 32.0 Å². The van der Waals surface area contributed by atoms with Gasteiger partial charge in [0.25, 0.3) is 0 Å². The number of fused-ring (bicyclic) bond motifs is 1. The predicted octanol–water partition coefficient (Wildman–Crippen LogP) is 3.36. The van der Waals surface area contributed by atoms with Crippen molar-refractivity contribution in [3.8, 4) is 0 Å². The highest BCUT2D eigenvalue weighted by molar-refractivity contribution is 5.81. The van der Waals surface area contributed by atoms with Crippen LogP contribution in [0, 0.1) is 5.41 Å². The van der Waals surface area contributed by atoms with Crippen molar-refractivity contribution in [1.82, 2.24) is 4.98 Å². The molecular formula is C18H25N3. The summed E-state index contributed by atoms with van der Waals surface area (Å²) < 4.78 is 0. The van der Waals surface area contributed by atoms with Crippen LogP contribution in [0.5, 0.6) is 0 Å². The van der Waals surface area contributed by atoms with Crippen LogP contribution in [0.25, 0.3) is 10.9 Å². The number of aromatic nitrogens is 1.